The predicted octanol–water partition coefficient (Wildman–Crippen LogP) is 33.5. The summed E-state index contributed by atoms with van der Waals surface area (Å²) in [6.45, 7) is 0. The van der Waals surface area contributed by atoms with E-state index < -0.39 is 0 Å². The lowest BCUT2D eigenvalue weighted by molar-refractivity contribution is 1.02. The van der Waals surface area contributed by atoms with Crippen molar-refractivity contribution in [2.45, 2.75) is 0 Å². The van der Waals surface area contributed by atoms with E-state index in [4.69, 9.17) is 29.9 Å². The van der Waals surface area contributed by atoms with Crippen LogP contribution in [0.1, 0.15) is 0 Å². The molecule has 30 aromatic rings. The smallest absolute Gasteiger partial charge is 0.235 e. The van der Waals surface area contributed by atoms with Crippen molar-refractivity contribution in [3.05, 3.63) is 467 Å². The first-order valence-electron chi connectivity index (χ1n) is 46.7. The number of benzene rings is 24. The highest BCUT2D eigenvalue weighted by atomic mass is 15.2. The second-order valence-electron chi connectivity index (χ2n) is 35.8. The van der Waals surface area contributed by atoms with Gasteiger partial charge in [-0.15, -0.1) is 0 Å². The van der Waals surface area contributed by atoms with E-state index in [9.17, 15) is 0 Å². The minimum absolute atomic E-state index is 0.669. The van der Waals surface area contributed by atoms with Crippen molar-refractivity contribution in [3.8, 4) is 62.7 Å². The molecule has 24 aromatic carbocycles. The Bertz CT molecular complexity index is 10200. The minimum atomic E-state index is 0.669. The van der Waals surface area contributed by atoms with Crippen LogP contribution in [-0.2, 0) is 0 Å². The van der Waals surface area contributed by atoms with E-state index >= 15 is 0 Å². The van der Waals surface area contributed by atoms with E-state index in [0.29, 0.717) is 17.8 Å². The zero-order valence-corrected chi connectivity index (χ0v) is 74.0. The topological polar surface area (TPSA) is 92.1 Å². The highest BCUT2D eigenvalue weighted by molar-refractivity contribution is 6.38. The van der Waals surface area contributed by atoms with Gasteiger partial charge in [-0.25, -0.2) is 29.9 Å². The van der Waals surface area contributed by atoms with Crippen LogP contribution in [0.15, 0.2) is 467 Å². The summed E-state index contributed by atoms with van der Waals surface area (Å²) >= 11 is 0. The minimum Gasteiger partial charge on any atom is -0.277 e. The van der Waals surface area contributed by atoms with E-state index in [1.807, 2.05) is 0 Å². The second kappa shape index (κ2) is 31.1. The summed E-state index contributed by atoms with van der Waals surface area (Å²) in [6.07, 6.45) is 0. The summed E-state index contributed by atoms with van der Waals surface area (Å²) in [5, 5.41) is 37.2. The van der Waals surface area contributed by atoms with Gasteiger partial charge in [-0.05, 0) is 157 Å². The summed E-state index contributed by atoms with van der Waals surface area (Å²) < 4.78 is 6.95. The van der Waals surface area contributed by atoms with Crippen molar-refractivity contribution >= 4 is 217 Å². The number of aromatic nitrogens is 9. The largest absolute Gasteiger partial charge is 0.277 e. The Morgan fingerprint density at radius 3 is 0.920 bits per heavy atom. The van der Waals surface area contributed by atoms with Gasteiger partial charge in [0.05, 0.1) is 66.7 Å². The molecule has 30 rings (SSSR count). The number of fused-ring (bicyclic) bond motifs is 34. The number of rotatable bonds is 7. The van der Waals surface area contributed by atoms with Crippen LogP contribution >= 0.6 is 0 Å². The first-order valence-corrected chi connectivity index (χ1v) is 46.7. The number of hydrogen-bond donors (Lipinski definition) is 0. The van der Waals surface area contributed by atoms with Crippen LogP contribution in [0.5, 0.6) is 0 Å². The van der Waals surface area contributed by atoms with Crippen molar-refractivity contribution in [1.82, 2.24) is 43.6 Å². The fraction of sp³-hybridized carbons (Fsp3) is 0. The van der Waals surface area contributed by atoms with Gasteiger partial charge in [0.1, 0.15) is 0 Å². The Balaban J connectivity index is 0.000000102. The molecule has 0 radical (unpaired) electrons. The molecule has 0 spiro atoms. The molecule has 6 heterocycles. The maximum atomic E-state index is 5.46. The van der Waals surface area contributed by atoms with Crippen LogP contribution in [0.3, 0.4) is 0 Å². The molecule has 137 heavy (non-hydrogen) atoms. The molecule has 0 N–H and O–H groups in total. The average molecular weight is 1740 g/mol. The molecule has 0 aliphatic carbocycles. The molecule has 0 bridgehead atoms. The van der Waals surface area contributed by atoms with E-state index in [-0.39, 0.29) is 0 Å². The molecular weight excluding hydrogens is 1660 g/mol. The zero-order chi connectivity index (χ0) is 89.9. The van der Waals surface area contributed by atoms with Crippen LogP contribution in [-0.4, -0.2) is 43.6 Å². The van der Waals surface area contributed by atoms with Crippen molar-refractivity contribution in [3.63, 3.8) is 0 Å². The zero-order valence-electron chi connectivity index (χ0n) is 74.0. The monoisotopic (exact) mass is 1740 g/mol. The van der Waals surface area contributed by atoms with Gasteiger partial charge in [-0.2, -0.15) is 0 Å². The third-order valence-corrected chi connectivity index (χ3v) is 28.2. The molecule has 0 unspecified atom stereocenters. The molecule has 0 amide bonds. The van der Waals surface area contributed by atoms with Crippen LogP contribution in [0.25, 0.3) is 279 Å². The number of para-hydroxylation sites is 3. The van der Waals surface area contributed by atoms with E-state index in [1.54, 1.807) is 0 Å². The Labute approximate surface area is 784 Å². The Morgan fingerprint density at radius 1 is 0.131 bits per heavy atom. The maximum absolute atomic E-state index is 5.46. The first kappa shape index (κ1) is 77.3. The summed E-state index contributed by atoms with van der Waals surface area (Å²) in [6, 6.07) is 167. The maximum Gasteiger partial charge on any atom is 0.235 e. The van der Waals surface area contributed by atoms with Gasteiger partial charge in [-0.1, -0.05) is 419 Å². The van der Waals surface area contributed by atoms with Crippen LogP contribution in [0, 0.1) is 0 Å². The van der Waals surface area contributed by atoms with E-state index in [0.717, 1.165) is 99.6 Å². The molecule has 0 aliphatic rings. The molecule has 634 valence electrons. The molecule has 0 saturated carbocycles. The molecule has 0 atom stereocenters. The van der Waals surface area contributed by atoms with E-state index in [1.165, 1.54) is 162 Å². The highest BCUT2D eigenvalue weighted by Crippen LogP contribution is 2.50. The molecule has 0 saturated heterocycles. The summed E-state index contributed by atoms with van der Waals surface area (Å²) in [7, 11) is 0. The van der Waals surface area contributed by atoms with Gasteiger partial charge in [0.15, 0.2) is 0 Å². The third kappa shape index (κ3) is 12.3. The number of hydrogen-bond acceptors (Lipinski definition) is 6. The fourth-order valence-electron chi connectivity index (χ4n) is 22.1. The van der Waals surface area contributed by atoms with Gasteiger partial charge in [0.25, 0.3) is 0 Å². The van der Waals surface area contributed by atoms with Crippen molar-refractivity contribution in [2.24, 2.45) is 0 Å². The lowest BCUT2D eigenvalue weighted by Gasteiger charge is -2.14. The third-order valence-electron chi connectivity index (χ3n) is 28.2. The quantitative estimate of drug-likeness (QED) is 0.148. The molecule has 9 nitrogen and oxygen atoms in total. The summed E-state index contributed by atoms with van der Waals surface area (Å²) in [5.41, 5.74) is 17.9. The second-order valence-corrected chi connectivity index (χ2v) is 35.8. The standard InChI is InChI=1S/C44H27N3.2C42H25N3/c1-2-12-28(13-3-1)29-22-24-31(25-23-29)41-37-20-10-11-21-39(37)45-44(46-41)47-42-32-15-5-4-14-30(32)26-27-38(42)40-35-18-8-6-16-33(35)34-17-7-9-19-36(34)43(40)47;1-2-13-28-25-29(22-21-26(28)11-1)40-35-19-9-10-20-36(35)43-42(44-40)45-37-24-23-27-12-3-4-14-30(27)38(37)39-33-17-7-5-15-31(33)32-16-6-8-18-34(32)41(39)45;1-2-12-27-23-30(22-21-26(27)11-1)40-35-19-9-10-20-37(35)43-42(44-40)45-38-25-29-14-4-3-13-28(29)24-36(38)39-33-17-7-5-15-31(33)32-16-6-8-18-34(32)41(39)45/h1-27H;2*1-25H. The van der Waals surface area contributed by atoms with Gasteiger partial charge in [-0.3, -0.25) is 13.7 Å². The number of nitrogens with zero attached hydrogens (tertiary/aromatic N) is 9. The van der Waals surface area contributed by atoms with Gasteiger partial charge < -0.3 is 0 Å². The van der Waals surface area contributed by atoms with Crippen molar-refractivity contribution in [2.75, 3.05) is 0 Å². The molecule has 6 aromatic heterocycles. The lowest BCUT2D eigenvalue weighted by Crippen LogP contribution is -2.04. The van der Waals surface area contributed by atoms with Gasteiger partial charge >= 0.3 is 0 Å². The van der Waals surface area contributed by atoms with Gasteiger partial charge in [0.2, 0.25) is 17.8 Å². The fourth-order valence-corrected chi connectivity index (χ4v) is 22.1. The highest BCUT2D eigenvalue weighted by Gasteiger charge is 2.29. The summed E-state index contributed by atoms with van der Waals surface area (Å²) in [5.74, 6) is 2.02. The predicted molar refractivity (Wildman–Crippen MR) is 576 cm³/mol. The Hall–Kier alpha value is -18.4. The molecule has 9 heteroatoms. The molecule has 0 fully saturated rings. The normalized spacial score (nSPS) is 11.9. The van der Waals surface area contributed by atoms with Crippen LogP contribution in [0.2, 0.25) is 0 Å². The first-order chi connectivity index (χ1) is 68.0. The van der Waals surface area contributed by atoms with Crippen LogP contribution in [0.4, 0.5) is 0 Å². The average Bonchev–Trinajstić information content (AvgIpc) is 1.55. The SMILES string of the molecule is c1ccc(-c2ccc(-c3nc(-n4c5c6ccccc6ccc5c5c6ccccc6c6ccccc6c54)nc4ccccc34)cc2)cc1.c1ccc2cc(-c3nc(-n4c5cc6ccccc6cc5c5c6ccccc6c6ccccc6c54)nc4ccccc34)ccc2c1.c1ccc2cc(-c3nc(-n4c5ccc6ccccc6c5c5c6ccccc6c6ccccc6c54)nc4ccccc34)ccc2c1. The van der Waals surface area contributed by atoms with Crippen LogP contribution < -0.4 is 0 Å². The Kier molecular flexibility index (Phi) is 17.6. The summed E-state index contributed by atoms with van der Waals surface area (Å²) in [4.78, 5) is 32.2. The van der Waals surface area contributed by atoms with E-state index in [2.05, 4.69) is 481 Å². The molecular formula is C128H77N9. The lowest BCUT2D eigenvalue weighted by atomic mass is 9.95. The van der Waals surface area contributed by atoms with Crippen molar-refractivity contribution in [1.29, 1.82) is 0 Å². The molecule has 0 aliphatic heterocycles. The van der Waals surface area contributed by atoms with Crippen molar-refractivity contribution < 1.29 is 0 Å². The van der Waals surface area contributed by atoms with Gasteiger partial charge in [0, 0.05) is 86.7 Å². The Morgan fingerprint density at radius 2 is 0.431 bits per heavy atom.